The highest BCUT2D eigenvalue weighted by Crippen LogP contribution is 2.38. The average Bonchev–Trinajstić information content (AvgIpc) is 3.09. The number of hydrogen-bond acceptors (Lipinski definition) is 6. The third-order valence-electron chi connectivity index (χ3n) is 5.13. The van der Waals surface area contributed by atoms with Crippen molar-refractivity contribution >= 4 is 39.0 Å². The lowest BCUT2D eigenvalue weighted by Gasteiger charge is -2.26. The van der Waals surface area contributed by atoms with Crippen molar-refractivity contribution in [1.29, 1.82) is 0 Å². The first-order chi connectivity index (χ1) is 14.4. The summed E-state index contributed by atoms with van der Waals surface area (Å²) >= 11 is 1.59. The Morgan fingerprint density at radius 3 is 3.00 bits per heavy atom. The van der Waals surface area contributed by atoms with E-state index in [-0.39, 0.29) is 11.7 Å². The van der Waals surface area contributed by atoms with E-state index in [1.807, 2.05) is 36.9 Å². The summed E-state index contributed by atoms with van der Waals surface area (Å²) in [4.78, 5) is 27.3. The van der Waals surface area contributed by atoms with Gasteiger partial charge in [0.05, 0.1) is 11.9 Å². The van der Waals surface area contributed by atoms with E-state index < -0.39 is 0 Å². The van der Waals surface area contributed by atoms with Gasteiger partial charge in [0, 0.05) is 29.7 Å². The Morgan fingerprint density at radius 1 is 1.37 bits per heavy atom. The first kappa shape index (κ1) is 20.4. The van der Waals surface area contributed by atoms with E-state index in [9.17, 15) is 9.18 Å². The third kappa shape index (κ3) is 4.20. The lowest BCUT2D eigenvalue weighted by molar-refractivity contribution is -0.126. The van der Waals surface area contributed by atoms with Crippen LogP contribution in [-0.2, 0) is 17.8 Å². The maximum absolute atomic E-state index is 13.7. The summed E-state index contributed by atoms with van der Waals surface area (Å²) in [7, 11) is 3.94. The third-order valence-corrected chi connectivity index (χ3v) is 6.26. The molecule has 0 fully saturated rings. The minimum atomic E-state index is -0.294. The molecule has 0 unspecified atom stereocenters. The van der Waals surface area contributed by atoms with Gasteiger partial charge in [0.15, 0.2) is 0 Å². The Labute approximate surface area is 179 Å². The molecule has 3 heterocycles. The number of nitrogens with zero attached hydrogens (tertiary/aromatic N) is 4. The van der Waals surface area contributed by atoms with Gasteiger partial charge in [0.2, 0.25) is 5.91 Å². The van der Waals surface area contributed by atoms with Crippen molar-refractivity contribution in [1.82, 2.24) is 19.8 Å². The molecule has 1 aliphatic heterocycles. The van der Waals surface area contributed by atoms with Crippen molar-refractivity contribution in [3.63, 3.8) is 0 Å². The van der Waals surface area contributed by atoms with Gasteiger partial charge in [-0.1, -0.05) is 12.1 Å². The fourth-order valence-electron chi connectivity index (χ4n) is 3.54. The van der Waals surface area contributed by atoms with Crippen molar-refractivity contribution in [3.8, 4) is 0 Å². The van der Waals surface area contributed by atoms with Crippen LogP contribution < -0.4 is 5.32 Å². The van der Waals surface area contributed by atoms with E-state index in [1.165, 1.54) is 24.0 Å². The minimum Gasteiger partial charge on any atom is -0.339 e. The largest absolute Gasteiger partial charge is 0.339 e. The molecule has 6 nitrogen and oxygen atoms in total. The van der Waals surface area contributed by atoms with Gasteiger partial charge in [-0.05, 0) is 50.7 Å². The van der Waals surface area contributed by atoms with E-state index in [4.69, 9.17) is 0 Å². The van der Waals surface area contributed by atoms with Crippen LogP contribution in [0, 0.1) is 12.7 Å². The van der Waals surface area contributed by atoms with Gasteiger partial charge in [-0.15, -0.1) is 11.3 Å². The van der Waals surface area contributed by atoms with Crippen molar-refractivity contribution < 1.29 is 9.18 Å². The Balaban J connectivity index is 1.61. The summed E-state index contributed by atoms with van der Waals surface area (Å²) < 4.78 is 13.7. The van der Waals surface area contributed by atoms with Crippen LogP contribution in [0.3, 0.4) is 0 Å². The smallest absolute Gasteiger partial charge is 0.246 e. The second-order valence-corrected chi connectivity index (χ2v) is 8.75. The zero-order valence-corrected chi connectivity index (χ0v) is 18.1. The second-order valence-electron chi connectivity index (χ2n) is 7.66. The monoisotopic (exact) mass is 425 g/mol. The van der Waals surface area contributed by atoms with Gasteiger partial charge >= 0.3 is 0 Å². The number of anilines is 2. The number of fused-ring (bicyclic) bond motifs is 3. The number of aryl methyl sites for hydroxylation is 1. The van der Waals surface area contributed by atoms with E-state index in [0.29, 0.717) is 24.6 Å². The molecule has 0 radical (unpaired) electrons. The highest BCUT2D eigenvalue weighted by Gasteiger charge is 2.25. The van der Waals surface area contributed by atoms with Crippen molar-refractivity contribution in [2.45, 2.75) is 19.9 Å². The molecule has 1 N–H and O–H groups in total. The van der Waals surface area contributed by atoms with Gasteiger partial charge in [-0.25, -0.2) is 14.4 Å². The summed E-state index contributed by atoms with van der Waals surface area (Å²) in [5, 5.41) is 4.25. The molecule has 3 aromatic rings. The maximum Gasteiger partial charge on any atom is 0.246 e. The van der Waals surface area contributed by atoms with Gasteiger partial charge < -0.3 is 15.1 Å². The average molecular weight is 426 g/mol. The molecule has 156 valence electrons. The standard InChI is InChI=1S/C22H24FN5OS/c1-14-6-7-15(23)11-17(14)26-21-20-16-8-10-28(19(29)5-4-9-27(2)3)12-18(16)30-22(20)25-13-24-21/h4-7,11,13H,8-10,12H2,1-3H3,(H,24,25,26)/b5-4+. The van der Waals surface area contributed by atoms with Gasteiger partial charge in [-0.2, -0.15) is 0 Å². The van der Waals surface area contributed by atoms with Crippen LogP contribution in [-0.4, -0.2) is 52.9 Å². The number of hydrogen-bond donors (Lipinski definition) is 1. The molecule has 1 aromatic carbocycles. The van der Waals surface area contributed by atoms with E-state index in [2.05, 4.69) is 15.3 Å². The fraction of sp³-hybridized carbons (Fsp3) is 0.318. The molecule has 30 heavy (non-hydrogen) atoms. The Kier molecular flexibility index (Phi) is 5.78. The summed E-state index contributed by atoms with van der Waals surface area (Å²) in [5.41, 5.74) is 2.80. The Morgan fingerprint density at radius 2 is 2.20 bits per heavy atom. The number of aromatic nitrogens is 2. The van der Waals surface area contributed by atoms with E-state index >= 15 is 0 Å². The van der Waals surface area contributed by atoms with Crippen molar-refractivity contribution in [2.24, 2.45) is 0 Å². The van der Waals surface area contributed by atoms with Gasteiger partial charge in [0.1, 0.15) is 22.8 Å². The van der Waals surface area contributed by atoms with E-state index in [1.54, 1.807) is 23.5 Å². The van der Waals surface area contributed by atoms with Crippen LogP contribution >= 0.6 is 11.3 Å². The van der Waals surface area contributed by atoms with Crippen LogP contribution in [0.25, 0.3) is 10.2 Å². The summed E-state index contributed by atoms with van der Waals surface area (Å²) in [6.45, 7) is 3.88. The van der Waals surface area contributed by atoms with Gasteiger partial charge in [0.25, 0.3) is 0 Å². The van der Waals surface area contributed by atoms with Crippen LogP contribution in [0.4, 0.5) is 15.9 Å². The Bertz CT molecular complexity index is 1120. The topological polar surface area (TPSA) is 61.4 Å². The lowest BCUT2D eigenvalue weighted by atomic mass is 10.0. The number of likely N-dealkylation sites (N-methyl/N-ethyl adjacent to an activating group) is 1. The number of amides is 1. The summed E-state index contributed by atoms with van der Waals surface area (Å²) in [6, 6.07) is 4.66. The van der Waals surface area contributed by atoms with Crippen molar-refractivity contribution in [3.05, 3.63) is 58.5 Å². The predicted octanol–water partition coefficient (Wildman–Crippen LogP) is 3.88. The molecule has 1 aliphatic rings. The number of rotatable bonds is 5. The molecule has 0 bridgehead atoms. The van der Waals surface area contributed by atoms with Crippen LogP contribution in [0.1, 0.15) is 16.0 Å². The number of halogens is 1. The zero-order chi connectivity index (χ0) is 21.3. The molecule has 1 amide bonds. The normalized spacial score (nSPS) is 14.0. The predicted molar refractivity (Wildman–Crippen MR) is 119 cm³/mol. The number of nitrogens with one attached hydrogen (secondary N) is 1. The molecule has 2 aromatic heterocycles. The Hall–Kier alpha value is -2.84. The minimum absolute atomic E-state index is 0.0276. The SMILES string of the molecule is Cc1ccc(F)cc1Nc1ncnc2sc3c(c12)CCN(C(=O)/C=C/CN(C)C)C3. The maximum atomic E-state index is 13.7. The molecule has 0 spiro atoms. The molecular formula is C22H24FN5OS. The van der Waals surface area contributed by atoms with Crippen LogP contribution in [0.5, 0.6) is 0 Å². The molecule has 0 atom stereocenters. The molecule has 0 aliphatic carbocycles. The molecular weight excluding hydrogens is 401 g/mol. The first-order valence-corrected chi connectivity index (χ1v) is 10.6. The van der Waals surface area contributed by atoms with E-state index in [0.717, 1.165) is 33.6 Å². The highest BCUT2D eigenvalue weighted by atomic mass is 32.1. The fourth-order valence-corrected chi connectivity index (χ4v) is 4.74. The quantitative estimate of drug-likeness (QED) is 0.629. The lowest BCUT2D eigenvalue weighted by Crippen LogP contribution is -2.34. The van der Waals surface area contributed by atoms with Gasteiger partial charge in [-0.3, -0.25) is 4.79 Å². The van der Waals surface area contributed by atoms with Crippen molar-refractivity contribution in [2.75, 3.05) is 32.5 Å². The molecule has 8 heteroatoms. The number of thiophene rings is 1. The molecule has 0 saturated carbocycles. The van der Waals surface area contributed by atoms with Crippen LogP contribution in [0.15, 0.2) is 36.7 Å². The van der Waals surface area contributed by atoms with Crippen LogP contribution in [0.2, 0.25) is 0 Å². The highest BCUT2D eigenvalue weighted by molar-refractivity contribution is 7.19. The number of carbonyl (C=O) groups is 1. The molecule has 0 saturated heterocycles. The second kappa shape index (κ2) is 8.49. The summed E-state index contributed by atoms with van der Waals surface area (Å²) in [5.74, 6) is 0.411. The first-order valence-electron chi connectivity index (χ1n) is 9.81. The number of benzene rings is 1. The molecule has 4 rings (SSSR count). The summed E-state index contributed by atoms with van der Waals surface area (Å²) in [6.07, 6.45) is 5.80. The number of carbonyl (C=O) groups excluding carboxylic acids is 1. The zero-order valence-electron chi connectivity index (χ0n) is 17.3.